The van der Waals surface area contributed by atoms with Crippen molar-refractivity contribution >= 4 is 0 Å². The molecule has 1 rings (SSSR count). The molecule has 0 saturated heterocycles. The number of hydrogen-bond donors (Lipinski definition) is 0. The zero-order valence-corrected chi connectivity index (χ0v) is 11.3. The summed E-state index contributed by atoms with van der Waals surface area (Å²) in [5.74, 6) is 1.48. The Labute approximate surface area is 101 Å². The van der Waals surface area contributed by atoms with Crippen molar-refractivity contribution in [2.24, 2.45) is 11.8 Å². The molecule has 0 N–H and O–H groups in total. The quantitative estimate of drug-likeness (QED) is 0.525. The minimum atomic E-state index is 0.733. The maximum absolute atomic E-state index is 2.43. The summed E-state index contributed by atoms with van der Waals surface area (Å²) in [4.78, 5) is 0. The van der Waals surface area contributed by atoms with Crippen LogP contribution in [0, 0.1) is 11.8 Å². The minimum absolute atomic E-state index is 0.733. The molecule has 0 radical (unpaired) electrons. The lowest BCUT2D eigenvalue weighted by Gasteiger charge is -2.18. The van der Waals surface area contributed by atoms with Crippen molar-refractivity contribution in [3.63, 3.8) is 0 Å². The molecule has 1 aliphatic rings. The lowest BCUT2D eigenvalue weighted by atomic mass is 9.87. The molecule has 0 bridgehead atoms. The molecule has 1 atom stereocenters. The first kappa shape index (κ1) is 13.3. The molecule has 0 spiro atoms. The van der Waals surface area contributed by atoms with E-state index >= 15 is 0 Å². The Balaban J connectivity index is 2.78. The Morgan fingerprint density at radius 3 is 2.69 bits per heavy atom. The molecule has 0 aromatic heterocycles. The summed E-state index contributed by atoms with van der Waals surface area (Å²) in [5, 5.41) is 0. The second-order valence-electron chi connectivity index (χ2n) is 5.26. The van der Waals surface area contributed by atoms with Gasteiger partial charge < -0.3 is 0 Å². The fraction of sp³-hybridized carbons (Fsp3) is 0.625. The highest BCUT2D eigenvalue weighted by molar-refractivity contribution is 5.20. The Morgan fingerprint density at radius 1 is 1.31 bits per heavy atom. The van der Waals surface area contributed by atoms with E-state index < -0.39 is 0 Å². The van der Waals surface area contributed by atoms with Gasteiger partial charge in [-0.1, -0.05) is 49.3 Å². The summed E-state index contributed by atoms with van der Waals surface area (Å²) in [6.07, 6.45) is 14.4. The third kappa shape index (κ3) is 4.38. The van der Waals surface area contributed by atoms with E-state index in [1.165, 1.54) is 31.3 Å². The first-order valence-electron chi connectivity index (χ1n) is 6.62. The van der Waals surface area contributed by atoms with Crippen LogP contribution in [-0.2, 0) is 0 Å². The molecule has 0 aromatic rings. The molecule has 16 heavy (non-hydrogen) atoms. The maximum atomic E-state index is 2.43. The summed E-state index contributed by atoms with van der Waals surface area (Å²) in [7, 11) is 0. The average Bonchev–Trinajstić information content (AvgIpc) is 2.26. The van der Waals surface area contributed by atoms with Crippen molar-refractivity contribution in [1.82, 2.24) is 0 Å². The van der Waals surface area contributed by atoms with Crippen LogP contribution < -0.4 is 0 Å². The van der Waals surface area contributed by atoms with Crippen LogP contribution in [-0.4, -0.2) is 0 Å². The first-order chi connectivity index (χ1) is 7.63. The fourth-order valence-corrected chi connectivity index (χ4v) is 2.20. The third-order valence-corrected chi connectivity index (χ3v) is 3.58. The molecule has 0 heterocycles. The molecule has 1 aliphatic carbocycles. The Hall–Kier alpha value is -0.780. The molecule has 0 heteroatoms. The predicted octanol–water partition coefficient (Wildman–Crippen LogP) is 5.28. The van der Waals surface area contributed by atoms with E-state index in [2.05, 4.69) is 52.0 Å². The lowest BCUT2D eigenvalue weighted by Crippen LogP contribution is -2.06. The summed E-state index contributed by atoms with van der Waals surface area (Å²) < 4.78 is 0. The Kier molecular flexibility index (Phi) is 5.59. The van der Waals surface area contributed by atoms with Crippen molar-refractivity contribution in [3.05, 3.63) is 35.5 Å². The van der Waals surface area contributed by atoms with Crippen LogP contribution >= 0.6 is 0 Å². The zero-order chi connectivity index (χ0) is 12.0. The third-order valence-electron chi connectivity index (χ3n) is 3.58. The predicted molar refractivity (Wildman–Crippen MR) is 73.5 cm³/mol. The molecule has 90 valence electrons. The van der Waals surface area contributed by atoms with Crippen molar-refractivity contribution in [3.8, 4) is 0 Å². The van der Waals surface area contributed by atoms with E-state index in [-0.39, 0.29) is 0 Å². The Morgan fingerprint density at radius 2 is 2.06 bits per heavy atom. The molecule has 0 fully saturated rings. The molecular weight excluding hydrogens is 192 g/mol. The molecule has 0 unspecified atom stereocenters. The molecule has 0 nitrogen and oxygen atoms in total. The second kappa shape index (κ2) is 6.73. The highest BCUT2D eigenvalue weighted by atomic mass is 14.2. The Bertz CT molecular complexity index is 289. The standard InChI is InChI=1S/C16H26/c1-5-15-8-6-7-14(4)9-11-16(12-10-15)13(2)3/h5,7,10,12-13,16H,6,8-9,11H2,1-4H3/b12-10+,14-7+,15-5+/t16-/m1/s1. The van der Waals surface area contributed by atoms with Crippen molar-refractivity contribution in [2.75, 3.05) is 0 Å². The zero-order valence-electron chi connectivity index (χ0n) is 11.3. The lowest BCUT2D eigenvalue weighted by molar-refractivity contribution is 0.435. The molecule has 0 aliphatic heterocycles. The van der Waals surface area contributed by atoms with Gasteiger partial charge in [0.15, 0.2) is 0 Å². The van der Waals surface area contributed by atoms with E-state index in [9.17, 15) is 0 Å². The van der Waals surface area contributed by atoms with Crippen LogP contribution in [0.25, 0.3) is 0 Å². The minimum Gasteiger partial charge on any atom is -0.0853 e. The van der Waals surface area contributed by atoms with Crippen molar-refractivity contribution < 1.29 is 0 Å². The van der Waals surface area contributed by atoms with Gasteiger partial charge in [0, 0.05) is 0 Å². The van der Waals surface area contributed by atoms with Gasteiger partial charge in [-0.25, -0.2) is 0 Å². The fourth-order valence-electron chi connectivity index (χ4n) is 2.20. The van der Waals surface area contributed by atoms with Gasteiger partial charge in [0.2, 0.25) is 0 Å². The summed E-state index contributed by atoms with van der Waals surface area (Å²) in [5.41, 5.74) is 3.05. The second-order valence-corrected chi connectivity index (χ2v) is 5.26. The highest BCUT2D eigenvalue weighted by Gasteiger charge is 2.10. The summed E-state index contributed by atoms with van der Waals surface area (Å²) >= 11 is 0. The topological polar surface area (TPSA) is 0 Å². The molecular formula is C16H26. The summed E-state index contributed by atoms with van der Waals surface area (Å²) in [6.45, 7) is 9.08. The van der Waals surface area contributed by atoms with Gasteiger partial charge in [-0.3, -0.25) is 0 Å². The van der Waals surface area contributed by atoms with Crippen LogP contribution in [0.5, 0.6) is 0 Å². The van der Waals surface area contributed by atoms with Gasteiger partial charge in [0.1, 0.15) is 0 Å². The molecule has 0 amide bonds. The smallest absolute Gasteiger partial charge is 0.0204 e. The van der Waals surface area contributed by atoms with Crippen LogP contribution in [0.4, 0.5) is 0 Å². The van der Waals surface area contributed by atoms with Gasteiger partial charge >= 0.3 is 0 Å². The van der Waals surface area contributed by atoms with Gasteiger partial charge in [-0.2, -0.15) is 0 Å². The molecule has 0 saturated carbocycles. The SMILES string of the molecule is C/C=C1/C=C/[C@H](C(C)C)CC/C(C)=C/CC1. The van der Waals surface area contributed by atoms with Crippen LogP contribution in [0.3, 0.4) is 0 Å². The average molecular weight is 218 g/mol. The van der Waals surface area contributed by atoms with E-state index in [1.54, 1.807) is 5.57 Å². The van der Waals surface area contributed by atoms with Gasteiger partial charge in [0.25, 0.3) is 0 Å². The van der Waals surface area contributed by atoms with Crippen molar-refractivity contribution in [2.45, 2.75) is 53.4 Å². The van der Waals surface area contributed by atoms with Crippen LogP contribution in [0.15, 0.2) is 35.5 Å². The largest absolute Gasteiger partial charge is 0.0853 e. The maximum Gasteiger partial charge on any atom is -0.0204 e. The van der Waals surface area contributed by atoms with Crippen LogP contribution in [0.1, 0.15) is 53.4 Å². The van der Waals surface area contributed by atoms with Crippen LogP contribution in [0.2, 0.25) is 0 Å². The van der Waals surface area contributed by atoms with Gasteiger partial charge in [0.05, 0.1) is 0 Å². The van der Waals surface area contributed by atoms with Gasteiger partial charge in [-0.05, 0) is 51.4 Å². The van der Waals surface area contributed by atoms with E-state index in [4.69, 9.17) is 0 Å². The monoisotopic (exact) mass is 218 g/mol. The van der Waals surface area contributed by atoms with E-state index in [0.717, 1.165) is 11.8 Å². The van der Waals surface area contributed by atoms with E-state index in [0.29, 0.717) is 0 Å². The van der Waals surface area contributed by atoms with E-state index in [1.807, 2.05) is 0 Å². The van der Waals surface area contributed by atoms with Gasteiger partial charge in [-0.15, -0.1) is 0 Å². The number of rotatable bonds is 1. The number of hydrogen-bond acceptors (Lipinski definition) is 0. The van der Waals surface area contributed by atoms with Crippen molar-refractivity contribution in [1.29, 1.82) is 0 Å². The summed E-state index contributed by atoms with van der Waals surface area (Å²) in [6, 6.07) is 0. The first-order valence-corrected chi connectivity index (χ1v) is 6.62. The number of allylic oxidation sites excluding steroid dienone is 6. The highest BCUT2D eigenvalue weighted by Crippen LogP contribution is 2.24. The molecule has 0 aromatic carbocycles. The normalized spacial score (nSPS) is 31.2.